The third kappa shape index (κ3) is 1.82. The number of hydrogen-bond donors (Lipinski definition) is 0. The van der Waals surface area contributed by atoms with Crippen LogP contribution >= 0.6 is 0 Å². The van der Waals surface area contributed by atoms with E-state index in [1.807, 2.05) is 55.2 Å². The topological polar surface area (TPSA) is 43.9 Å². The molecular formula is C14H13N3O. The second-order valence-corrected chi connectivity index (χ2v) is 4.20. The lowest BCUT2D eigenvalue weighted by Gasteiger charge is -2.00. The molecule has 0 aliphatic heterocycles. The van der Waals surface area contributed by atoms with E-state index in [0.29, 0.717) is 0 Å². The number of furan rings is 1. The number of pyridine rings is 1. The van der Waals surface area contributed by atoms with Crippen molar-refractivity contribution in [2.45, 2.75) is 6.92 Å². The lowest BCUT2D eigenvalue weighted by Crippen LogP contribution is -1.94. The highest BCUT2D eigenvalue weighted by molar-refractivity contribution is 5.65. The smallest absolute Gasteiger partial charge is 0.154 e. The van der Waals surface area contributed by atoms with Crippen LogP contribution in [0.4, 0.5) is 0 Å². The predicted octanol–water partition coefficient (Wildman–Crippen LogP) is 3.05. The van der Waals surface area contributed by atoms with Crippen LogP contribution in [0.1, 0.15) is 5.69 Å². The molecular weight excluding hydrogens is 226 g/mol. The summed E-state index contributed by atoms with van der Waals surface area (Å²) >= 11 is 0. The summed E-state index contributed by atoms with van der Waals surface area (Å²) in [5, 5.41) is 4.45. The van der Waals surface area contributed by atoms with Crippen LogP contribution in [-0.4, -0.2) is 14.8 Å². The van der Waals surface area contributed by atoms with Crippen LogP contribution in [0.2, 0.25) is 0 Å². The minimum atomic E-state index is 0.775. The van der Waals surface area contributed by atoms with Crippen molar-refractivity contribution in [2.75, 3.05) is 0 Å². The van der Waals surface area contributed by atoms with Gasteiger partial charge in [-0.2, -0.15) is 5.10 Å². The molecule has 0 atom stereocenters. The minimum absolute atomic E-state index is 0.775. The number of hydrogen-bond acceptors (Lipinski definition) is 3. The summed E-state index contributed by atoms with van der Waals surface area (Å²) in [5.41, 5.74) is 3.91. The van der Waals surface area contributed by atoms with E-state index in [2.05, 4.69) is 10.1 Å². The Bertz CT molecular complexity index is 651. The standard InChI is InChI=1S/C14H13N3O/c1-10-5-6-11(9-15-10)13-8-12(16-17(13)2)14-4-3-7-18-14/h3-9H,1-2H3. The lowest BCUT2D eigenvalue weighted by atomic mass is 10.2. The molecule has 0 N–H and O–H groups in total. The molecule has 4 heteroatoms. The van der Waals surface area contributed by atoms with Crippen LogP contribution in [0.5, 0.6) is 0 Å². The highest BCUT2D eigenvalue weighted by Gasteiger charge is 2.10. The zero-order valence-corrected chi connectivity index (χ0v) is 10.3. The first-order valence-corrected chi connectivity index (χ1v) is 5.75. The molecule has 90 valence electrons. The van der Waals surface area contributed by atoms with Gasteiger partial charge in [-0.25, -0.2) is 0 Å². The van der Waals surface area contributed by atoms with E-state index in [4.69, 9.17) is 4.42 Å². The average Bonchev–Trinajstić information content (AvgIpc) is 2.99. The van der Waals surface area contributed by atoms with Crippen LogP contribution in [0.3, 0.4) is 0 Å². The van der Waals surface area contributed by atoms with Gasteiger partial charge in [-0.15, -0.1) is 0 Å². The normalized spacial score (nSPS) is 10.8. The van der Waals surface area contributed by atoms with E-state index >= 15 is 0 Å². The van der Waals surface area contributed by atoms with Gasteiger partial charge < -0.3 is 4.42 Å². The number of aryl methyl sites for hydroxylation is 2. The largest absolute Gasteiger partial charge is 0.463 e. The Hall–Kier alpha value is -2.36. The van der Waals surface area contributed by atoms with Crippen molar-refractivity contribution in [3.05, 3.63) is 48.5 Å². The molecule has 0 amide bonds. The predicted molar refractivity (Wildman–Crippen MR) is 68.9 cm³/mol. The SMILES string of the molecule is Cc1ccc(-c2cc(-c3ccco3)nn2C)cn1. The van der Waals surface area contributed by atoms with Crippen molar-refractivity contribution in [3.63, 3.8) is 0 Å². The third-order valence-electron chi connectivity index (χ3n) is 2.86. The fourth-order valence-electron chi connectivity index (χ4n) is 1.90. The summed E-state index contributed by atoms with van der Waals surface area (Å²) in [7, 11) is 1.92. The molecule has 18 heavy (non-hydrogen) atoms. The fraction of sp³-hybridized carbons (Fsp3) is 0.143. The van der Waals surface area contributed by atoms with Gasteiger partial charge in [0.2, 0.25) is 0 Å². The van der Waals surface area contributed by atoms with Crippen LogP contribution in [0, 0.1) is 6.92 Å². The van der Waals surface area contributed by atoms with Crippen LogP contribution in [0.25, 0.3) is 22.7 Å². The minimum Gasteiger partial charge on any atom is -0.463 e. The van der Waals surface area contributed by atoms with Gasteiger partial charge in [0, 0.05) is 24.5 Å². The molecule has 0 saturated carbocycles. The molecule has 0 radical (unpaired) electrons. The first kappa shape index (κ1) is 10.8. The molecule has 4 nitrogen and oxygen atoms in total. The molecule has 0 aromatic carbocycles. The molecule has 3 heterocycles. The van der Waals surface area contributed by atoms with E-state index in [9.17, 15) is 0 Å². The second kappa shape index (κ2) is 4.14. The lowest BCUT2D eigenvalue weighted by molar-refractivity contribution is 0.578. The Balaban J connectivity index is 2.06. The first-order chi connectivity index (χ1) is 8.74. The molecule has 0 saturated heterocycles. The van der Waals surface area contributed by atoms with Gasteiger partial charge in [-0.3, -0.25) is 9.67 Å². The van der Waals surface area contributed by atoms with Gasteiger partial charge in [0.05, 0.1) is 12.0 Å². The van der Waals surface area contributed by atoms with Gasteiger partial charge in [0.1, 0.15) is 5.69 Å². The average molecular weight is 239 g/mol. The quantitative estimate of drug-likeness (QED) is 0.690. The second-order valence-electron chi connectivity index (χ2n) is 4.20. The monoisotopic (exact) mass is 239 g/mol. The Morgan fingerprint density at radius 1 is 1.22 bits per heavy atom. The molecule has 0 bridgehead atoms. The molecule has 0 aliphatic carbocycles. The van der Waals surface area contributed by atoms with E-state index in [1.165, 1.54) is 0 Å². The highest BCUT2D eigenvalue weighted by atomic mass is 16.3. The molecule has 0 unspecified atom stereocenters. The number of aromatic nitrogens is 3. The summed E-state index contributed by atoms with van der Waals surface area (Å²) < 4.78 is 7.19. The van der Waals surface area contributed by atoms with E-state index in [0.717, 1.165) is 28.4 Å². The van der Waals surface area contributed by atoms with Crippen molar-refractivity contribution in [2.24, 2.45) is 7.05 Å². The van der Waals surface area contributed by atoms with E-state index in [1.54, 1.807) is 6.26 Å². The molecule has 0 fully saturated rings. The van der Waals surface area contributed by atoms with Crippen molar-refractivity contribution in [1.82, 2.24) is 14.8 Å². The van der Waals surface area contributed by atoms with E-state index < -0.39 is 0 Å². The van der Waals surface area contributed by atoms with Crippen molar-refractivity contribution in [1.29, 1.82) is 0 Å². The van der Waals surface area contributed by atoms with Gasteiger partial charge >= 0.3 is 0 Å². The van der Waals surface area contributed by atoms with Gasteiger partial charge in [-0.1, -0.05) is 0 Å². The summed E-state index contributed by atoms with van der Waals surface area (Å²) in [6.45, 7) is 1.97. The molecule has 3 aromatic heterocycles. The van der Waals surface area contributed by atoms with E-state index in [-0.39, 0.29) is 0 Å². The Labute approximate surface area is 105 Å². The molecule has 3 rings (SSSR count). The maximum absolute atomic E-state index is 5.35. The maximum Gasteiger partial charge on any atom is 0.154 e. The zero-order chi connectivity index (χ0) is 12.5. The Morgan fingerprint density at radius 2 is 2.11 bits per heavy atom. The van der Waals surface area contributed by atoms with Gasteiger partial charge in [0.25, 0.3) is 0 Å². The summed E-state index contributed by atoms with van der Waals surface area (Å²) in [5.74, 6) is 0.775. The van der Waals surface area contributed by atoms with Crippen molar-refractivity contribution < 1.29 is 4.42 Å². The summed E-state index contributed by atoms with van der Waals surface area (Å²) in [6, 6.07) is 9.81. The van der Waals surface area contributed by atoms with Crippen LogP contribution < -0.4 is 0 Å². The molecule has 0 aliphatic rings. The Morgan fingerprint density at radius 3 is 2.78 bits per heavy atom. The zero-order valence-electron chi connectivity index (χ0n) is 10.3. The van der Waals surface area contributed by atoms with Crippen LogP contribution in [0.15, 0.2) is 47.2 Å². The number of rotatable bonds is 2. The van der Waals surface area contributed by atoms with Gasteiger partial charge in [-0.05, 0) is 37.3 Å². The number of nitrogens with zero attached hydrogens (tertiary/aromatic N) is 3. The molecule has 0 spiro atoms. The Kier molecular flexibility index (Phi) is 2.48. The summed E-state index contributed by atoms with van der Waals surface area (Å²) in [6.07, 6.45) is 3.51. The maximum atomic E-state index is 5.35. The first-order valence-electron chi connectivity index (χ1n) is 5.75. The summed E-state index contributed by atoms with van der Waals surface area (Å²) in [4.78, 5) is 4.30. The highest BCUT2D eigenvalue weighted by Crippen LogP contribution is 2.25. The third-order valence-corrected chi connectivity index (χ3v) is 2.86. The van der Waals surface area contributed by atoms with Crippen LogP contribution in [-0.2, 0) is 7.05 Å². The van der Waals surface area contributed by atoms with Crippen molar-refractivity contribution in [3.8, 4) is 22.7 Å². The van der Waals surface area contributed by atoms with Crippen molar-refractivity contribution >= 4 is 0 Å². The molecule has 3 aromatic rings. The van der Waals surface area contributed by atoms with Gasteiger partial charge in [0.15, 0.2) is 5.76 Å². The fourth-order valence-corrected chi connectivity index (χ4v) is 1.90.